The van der Waals surface area contributed by atoms with Gasteiger partial charge in [0.2, 0.25) is 11.8 Å². The summed E-state index contributed by atoms with van der Waals surface area (Å²) >= 11 is 1.87. The molecule has 0 aromatic rings. The van der Waals surface area contributed by atoms with Gasteiger partial charge in [0.15, 0.2) is 6.23 Å². The van der Waals surface area contributed by atoms with Crippen LogP contribution in [0.5, 0.6) is 0 Å². The Kier molecular flexibility index (Phi) is 22.3. The molecule has 0 aromatic heterocycles. The van der Waals surface area contributed by atoms with Crippen LogP contribution in [0.4, 0.5) is 14.4 Å². The number of carbonyl (C=O) groups is 5. The monoisotopic (exact) mass is 877 g/mol. The smallest absolute Gasteiger partial charge is 0.450 e. The zero-order valence-electron chi connectivity index (χ0n) is 32.3. The molecule has 11 N–H and O–H groups in total. The summed E-state index contributed by atoms with van der Waals surface area (Å²) in [5.74, 6) is 0.608. The van der Waals surface area contributed by atoms with Gasteiger partial charge < -0.3 is 80.7 Å². The first-order chi connectivity index (χ1) is 27.6. The number of rotatable bonds is 29. The fourth-order valence-electron chi connectivity index (χ4n) is 6.07. The maximum absolute atomic E-state index is 12.7. The molecular weight excluding hydrogens is 817 g/mol. The molecule has 336 valence electrons. The number of aliphatic hydroxyl groups is 1. The molecule has 3 saturated heterocycles. The van der Waals surface area contributed by atoms with Gasteiger partial charge in [-0.3, -0.25) is 19.0 Å². The highest BCUT2D eigenvalue weighted by Gasteiger charge is 2.50. The lowest BCUT2D eigenvalue weighted by atomic mass is 10.0. The second kappa shape index (κ2) is 26.2. The van der Waals surface area contributed by atoms with Crippen molar-refractivity contribution in [3.63, 3.8) is 0 Å². The average molecular weight is 878 g/mol. The van der Waals surface area contributed by atoms with Crippen LogP contribution in [0.1, 0.15) is 40.0 Å². The van der Waals surface area contributed by atoms with E-state index in [4.69, 9.17) is 44.3 Å². The van der Waals surface area contributed by atoms with Crippen molar-refractivity contribution in [3.05, 3.63) is 0 Å². The third kappa shape index (κ3) is 18.9. The lowest BCUT2D eigenvalue weighted by molar-refractivity contribution is -0.122. The largest absolute Gasteiger partial charge is 0.505 e. The number of carbonyl (C=O) groups excluding carboxylic acids is 4. The first kappa shape index (κ1) is 49.3. The van der Waals surface area contributed by atoms with Gasteiger partial charge in [-0.1, -0.05) is 6.42 Å². The standard InChI is InChI=1S/C32H58N7O17PS.H2/c1-39(29-27(42)28(56-57(47,48)49)21(55-29)18-54-32(45)46)31(44)37-23(33)6-8-34-25(41)7-10-50-12-14-52-16-17-53-15-13-51-11-9-35-24(40)5-3-2-4-22-26-20(19-58-22)36-30(43)38-26;/h20-23,26-29,42H,2-19,33H2,1H3,(H,34,41)(H,35,40)(H,37,44)(H,45,46)(H2,36,38,43)(H2,47,48,49);1H/t20-,21+,22-,23?,26-,27?,28-,29+;/m0./s1. The van der Waals surface area contributed by atoms with Crippen LogP contribution < -0.4 is 32.3 Å². The number of likely N-dealkylation sites (N-methyl/N-ethyl adjacent to an activating group) is 1. The van der Waals surface area contributed by atoms with Crippen LogP contribution in [0.3, 0.4) is 0 Å². The van der Waals surface area contributed by atoms with Crippen LogP contribution >= 0.6 is 19.6 Å². The molecule has 3 rings (SSSR count). The Balaban J connectivity index is 0.0000120. The fourth-order valence-corrected chi connectivity index (χ4v) is 8.19. The summed E-state index contributed by atoms with van der Waals surface area (Å²) < 4.78 is 47.4. The summed E-state index contributed by atoms with van der Waals surface area (Å²) in [6.45, 7) is 2.35. The molecule has 0 aliphatic carbocycles. The number of fused-ring (bicyclic) bond motifs is 1. The van der Waals surface area contributed by atoms with Gasteiger partial charge in [0.05, 0.1) is 71.1 Å². The summed E-state index contributed by atoms with van der Waals surface area (Å²) in [6.07, 6.45) is -5.77. The van der Waals surface area contributed by atoms with E-state index in [0.717, 1.165) is 29.9 Å². The van der Waals surface area contributed by atoms with Gasteiger partial charge in [-0.05, 0) is 19.3 Å². The molecule has 0 radical (unpaired) electrons. The van der Waals surface area contributed by atoms with Gasteiger partial charge in [0.1, 0.15) is 24.9 Å². The number of carboxylic acid groups (broad SMARTS) is 1. The molecule has 2 unspecified atom stereocenters. The number of ether oxygens (including phenoxy) is 6. The van der Waals surface area contributed by atoms with Crippen LogP contribution in [0.25, 0.3) is 0 Å². The van der Waals surface area contributed by atoms with Gasteiger partial charge in [0.25, 0.3) is 0 Å². The molecule has 58 heavy (non-hydrogen) atoms. The third-order valence-corrected chi connectivity index (χ3v) is 11.0. The Morgan fingerprint density at radius 2 is 1.59 bits per heavy atom. The van der Waals surface area contributed by atoms with Gasteiger partial charge in [-0.2, -0.15) is 11.8 Å². The molecule has 0 bridgehead atoms. The molecule has 24 nitrogen and oxygen atoms in total. The summed E-state index contributed by atoms with van der Waals surface area (Å²) in [7, 11) is -3.94. The molecule has 0 aromatic carbocycles. The fraction of sp³-hybridized carbons (Fsp3) is 0.844. The first-order valence-electron chi connectivity index (χ1n) is 18.9. The number of phosphoric acid groups is 1. The quantitative estimate of drug-likeness (QED) is 0.0131. The lowest BCUT2D eigenvalue weighted by Gasteiger charge is -2.28. The van der Waals surface area contributed by atoms with Gasteiger partial charge in [-0.15, -0.1) is 0 Å². The summed E-state index contributed by atoms with van der Waals surface area (Å²) in [6, 6.07) is -0.536. The minimum absolute atomic E-state index is 0. The molecular formula is C32H60N7O17PS. The Labute approximate surface area is 341 Å². The predicted octanol–water partition coefficient (Wildman–Crippen LogP) is -1.78. The number of nitrogens with zero attached hydrogens (tertiary/aromatic N) is 1. The molecule has 3 fully saturated rings. The lowest BCUT2D eigenvalue weighted by Crippen LogP contribution is -2.53. The number of phosphoric ester groups is 1. The van der Waals surface area contributed by atoms with E-state index in [1.807, 2.05) is 11.8 Å². The molecule has 26 heteroatoms. The first-order valence-corrected chi connectivity index (χ1v) is 21.5. The van der Waals surface area contributed by atoms with Crippen molar-refractivity contribution in [1.29, 1.82) is 0 Å². The number of aliphatic hydroxyl groups excluding tert-OH is 1. The van der Waals surface area contributed by atoms with E-state index in [1.54, 1.807) is 0 Å². The Morgan fingerprint density at radius 1 is 0.966 bits per heavy atom. The summed E-state index contributed by atoms with van der Waals surface area (Å²) in [4.78, 5) is 78.2. The van der Waals surface area contributed by atoms with E-state index in [2.05, 4.69) is 35.8 Å². The van der Waals surface area contributed by atoms with Crippen LogP contribution in [-0.4, -0.2) is 188 Å². The number of nitrogens with one attached hydrogen (secondary N) is 5. The highest BCUT2D eigenvalue weighted by molar-refractivity contribution is 8.00. The van der Waals surface area contributed by atoms with Crippen molar-refractivity contribution < 1.29 is 82.9 Å². The summed E-state index contributed by atoms with van der Waals surface area (Å²) in [5, 5.41) is 33.5. The van der Waals surface area contributed by atoms with Gasteiger partial charge >= 0.3 is 26.0 Å². The van der Waals surface area contributed by atoms with Gasteiger partial charge in [0, 0.05) is 45.4 Å². The molecule has 3 aliphatic heterocycles. The molecule has 3 aliphatic rings. The molecule has 6 amide bonds. The second-order valence-corrected chi connectivity index (χ2v) is 15.9. The maximum atomic E-state index is 12.7. The Hall–Kier alpha value is -3.07. The number of nitrogens with two attached hydrogens (primary N) is 1. The molecule has 0 spiro atoms. The van der Waals surface area contributed by atoms with E-state index >= 15 is 0 Å². The Morgan fingerprint density at radius 3 is 2.24 bits per heavy atom. The molecule has 0 saturated carbocycles. The van der Waals surface area contributed by atoms with Crippen molar-refractivity contribution >= 4 is 49.6 Å². The van der Waals surface area contributed by atoms with E-state index in [0.29, 0.717) is 57.9 Å². The zero-order valence-corrected chi connectivity index (χ0v) is 34.0. The molecule has 3 heterocycles. The zero-order chi connectivity index (χ0) is 42.5. The van der Waals surface area contributed by atoms with Crippen molar-refractivity contribution in [1.82, 2.24) is 31.5 Å². The summed E-state index contributed by atoms with van der Waals surface area (Å²) in [5.41, 5.74) is 5.93. The van der Waals surface area contributed by atoms with E-state index in [1.165, 1.54) is 7.05 Å². The number of amides is 6. The van der Waals surface area contributed by atoms with Crippen molar-refractivity contribution in [2.24, 2.45) is 5.73 Å². The Bertz CT molecular complexity index is 1360. The predicted molar refractivity (Wildman–Crippen MR) is 204 cm³/mol. The van der Waals surface area contributed by atoms with Gasteiger partial charge in [-0.25, -0.2) is 18.9 Å². The number of unbranched alkanes of at least 4 members (excludes halogenated alkanes) is 1. The number of urea groups is 2. The van der Waals surface area contributed by atoms with Crippen molar-refractivity contribution in [2.75, 3.05) is 85.4 Å². The van der Waals surface area contributed by atoms with Crippen molar-refractivity contribution in [3.8, 4) is 0 Å². The highest BCUT2D eigenvalue weighted by atomic mass is 32.2. The van der Waals surface area contributed by atoms with E-state index in [-0.39, 0.29) is 64.0 Å². The number of thioether (sulfide) groups is 1. The molecule has 8 atom stereocenters. The topological polar surface area (TPSA) is 337 Å². The normalized spacial score (nSPS) is 24.4. The number of hydrogen-bond acceptors (Lipinski definition) is 16. The number of hydrogen-bond donors (Lipinski definition) is 10. The average Bonchev–Trinajstić information content (AvgIpc) is 3.81. The second-order valence-electron chi connectivity index (χ2n) is 13.4. The van der Waals surface area contributed by atoms with Crippen LogP contribution in [-0.2, 0) is 47.1 Å². The highest BCUT2D eigenvalue weighted by Crippen LogP contribution is 2.42. The SMILES string of the molecule is CN(C(=O)NC(N)CCNC(=O)CCOCCOCCOCCOCCNC(=O)CCCC[C@@H]1SC[C@@H]2NC(=O)N[C@@H]21)[C@@H]1O[C@H](COC(=O)O)[C@H](OP(=O)(O)O)C1O.[HH]. The third-order valence-electron chi connectivity index (χ3n) is 8.97. The minimum atomic E-state index is -5.14. The van der Waals surface area contributed by atoms with E-state index < -0.39 is 57.3 Å². The van der Waals surface area contributed by atoms with Crippen molar-refractivity contribution in [2.45, 2.75) is 86.6 Å². The van der Waals surface area contributed by atoms with Crippen LogP contribution in [0.2, 0.25) is 0 Å². The van der Waals surface area contributed by atoms with Crippen LogP contribution in [0.15, 0.2) is 0 Å². The maximum Gasteiger partial charge on any atom is 0.505 e. The minimum Gasteiger partial charge on any atom is -0.450 e. The van der Waals surface area contributed by atoms with Crippen LogP contribution in [0, 0.1) is 0 Å². The van der Waals surface area contributed by atoms with E-state index in [9.17, 15) is 33.6 Å².